The zero-order valence-electron chi connectivity index (χ0n) is 7.54. The molecule has 0 aliphatic carbocycles. The minimum absolute atomic E-state index is 0.0461. The van der Waals surface area contributed by atoms with E-state index in [9.17, 15) is 5.11 Å². The Kier molecular flexibility index (Phi) is 3.81. The molecule has 0 unspecified atom stereocenters. The third-order valence-corrected chi connectivity index (χ3v) is 3.57. The lowest BCUT2D eigenvalue weighted by molar-refractivity contribution is 0.475. The van der Waals surface area contributed by atoms with Gasteiger partial charge in [0.15, 0.2) is 5.75 Å². The van der Waals surface area contributed by atoms with Crippen LogP contribution in [0.3, 0.4) is 0 Å². The van der Waals surface area contributed by atoms with E-state index < -0.39 is 0 Å². The average Bonchev–Trinajstić information content (AvgIpc) is 2.11. The molecule has 0 saturated carbocycles. The average molecular weight is 274 g/mol. The number of phenolic OH excluding ortho intramolecular Hbond substituents is 1. The van der Waals surface area contributed by atoms with Crippen LogP contribution in [0.25, 0.3) is 0 Å². The molecule has 0 atom stereocenters. The maximum Gasteiger partial charge on any atom is 0.155 e. The van der Waals surface area contributed by atoms with Crippen LogP contribution < -0.4 is 0 Å². The molecule has 0 aromatic heterocycles. The minimum atomic E-state index is -0.271. The normalized spacial score (nSPS) is 11.1. The van der Waals surface area contributed by atoms with Gasteiger partial charge in [0.1, 0.15) is 10.0 Å². The van der Waals surface area contributed by atoms with Crippen LogP contribution in [0.5, 0.6) is 5.75 Å². The summed E-state index contributed by atoms with van der Waals surface area (Å²) in [5, 5.41) is 10.0. The van der Waals surface area contributed by atoms with Gasteiger partial charge in [0.2, 0.25) is 0 Å². The van der Waals surface area contributed by atoms with Gasteiger partial charge in [-0.1, -0.05) is 60.3 Å². The summed E-state index contributed by atoms with van der Waals surface area (Å²) in [7, 11) is 0. The topological polar surface area (TPSA) is 20.2 Å². The lowest BCUT2D eigenvalue weighted by Gasteiger charge is -2.14. The van der Waals surface area contributed by atoms with E-state index in [2.05, 4.69) is 0 Å². The second kappa shape index (κ2) is 4.36. The Hall–Kier alpha value is 0.180. The highest BCUT2D eigenvalue weighted by molar-refractivity contribution is 6.49. The van der Waals surface area contributed by atoms with Gasteiger partial charge in [-0.15, -0.1) is 0 Å². The smallest absolute Gasteiger partial charge is 0.155 e. The molecule has 5 heteroatoms. The van der Waals surface area contributed by atoms with Crippen molar-refractivity contribution in [3.05, 3.63) is 25.7 Å². The molecule has 0 radical (unpaired) electrons. The van der Waals surface area contributed by atoms with Crippen LogP contribution >= 0.6 is 46.4 Å². The molecule has 1 aromatic rings. The SMILES string of the molecule is CC(C)c1c(Cl)c(Cl)c(O)c(Cl)c1Cl. The molecule has 1 aromatic carbocycles. The number of aromatic hydroxyl groups is 1. The van der Waals surface area contributed by atoms with Crippen molar-refractivity contribution in [2.75, 3.05) is 0 Å². The van der Waals surface area contributed by atoms with Crippen LogP contribution in [0.4, 0.5) is 0 Å². The largest absolute Gasteiger partial charge is 0.505 e. The summed E-state index contributed by atoms with van der Waals surface area (Å²) in [5.74, 6) is -0.182. The molecule has 0 amide bonds. The quantitative estimate of drug-likeness (QED) is 0.704. The lowest BCUT2D eigenvalue weighted by atomic mass is 10.0. The van der Waals surface area contributed by atoms with Crippen molar-refractivity contribution in [3.63, 3.8) is 0 Å². The minimum Gasteiger partial charge on any atom is -0.505 e. The van der Waals surface area contributed by atoms with E-state index in [0.29, 0.717) is 5.56 Å². The Morgan fingerprint density at radius 3 is 1.50 bits per heavy atom. The summed E-state index contributed by atoms with van der Waals surface area (Å²) in [6.45, 7) is 3.83. The Bertz CT molecular complexity index is 345. The fraction of sp³-hybridized carbons (Fsp3) is 0.333. The van der Waals surface area contributed by atoms with Crippen LogP contribution in [0.15, 0.2) is 0 Å². The molecule has 0 bridgehead atoms. The number of hydrogen-bond acceptors (Lipinski definition) is 1. The van der Waals surface area contributed by atoms with Crippen molar-refractivity contribution >= 4 is 46.4 Å². The summed E-state index contributed by atoms with van der Waals surface area (Å²) in [6.07, 6.45) is 0. The zero-order valence-corrected chi connectivity index (χ0v) is 10.6. The fourth-order valence-electron chi connectivity index (χ4n) is 1.14. The third kappa shape index (κ3) is 1.92. The first-order valence-electron chi connectivity index (χ1n) is 3.92. The molecular formula is C9H8Cl4O. The Balaban J connectivity index is 3.60. The molecule has 0 spiro atoms. The van der Waals surface area contributed by atoms with Gasteiger partial charge < -0.3 is 5.11 Å². The van der Waals surface area contributed by atoms with Crippen molar-refractivity contribution in [1.82, 2.24) is 0 Å². The molecular weight excluding hydrogens is 266 g/mol. The van der Waals surface area contributed by atoms with Crippen LogP contribution in [0.1, 0.15) is 25.3 Å². The highest BCUT2D eigenvalue weighted by Crippen LogP contribution is 2.47. The molecule has 0 fully saturated rings. The molecule has 0 aliphatic heterocycles. The predicted octanol–water partition coefficient (Wildman–Crippen LogP) is 5.13. The molecule has 78 valence electrons. The summed E-state index contributed by atoms with van der Waals surface area (Å²) in [5.41, 5.74) is 0.654. The van der Waals surface area contributed by atoms with E-state index in [4.69, 9.17) is 46.4 Å². The molecule has 1 nitrogen and oxygen atoms in total. The Morgan fingerprint density at radius 2 is 1.21 bits per heavy atom. The van der Waals surface area contributed by atoms with E-state index >= 15 is 0 Å². The van der Waals surface area contributed by atoms with Gasteiger partial charge in [0.25, 0.3) is 0 Å². The molecule has 1 N–H and O–H groups in total. The van der Waals surface area contributed by atoms with E-state index in [0.717, 1.165) is 0 Å². The van der Waals surface area contributed by atoms with Crippen molar-refractivity contribution < 1.29 is 5.11 Å². The van der Waals surface area contributed by atoms with Gasteiger partial charge in [-0.2, -0.15) is 0 Å². The summed E-state index contributed by atoms with van der Waals surface area (Å²) in [4.78, 5) is 0. The number of hydrogen-bond donors (Lipinski definition) is 1. The molecule has 14 heavy (non-hydrogen) atoms. The molecule has 0 aliphatic rings. The summed E-state index contributed by atoms with van der Waals surface area (Å²) >= 11 is 23.4. The molecule has 0 heterocycles. The number of benzene rings is 1. The third-order valence-electron chi connectivity index (χ3n) is 1.85. The van der Waals surface area contributed by atoms with Crippen molar-refractivity contribution in [1.29, 1.82) is 0 Å². The van der Waals surface area contributed by atoms with Gasteiger partial charge in [-0.05, 0) is 11.5 Å². The van der Waals surface area contributed by atoms with E-state index in [-0.39, 0.29) is 31.8 Å². The van der Waals surface area contributed by atoms with Gasteiger partial charge in [-0.3, -0.25) is 0 Å². The van der Waals surface area contributed by atoms with Crippen LogP contribution in [-0.4, -0.2) is 5.11 Å². The summed E-state index contributed by atoms with van der Waals surface area (Å²) < 4.78 is 0. The second-order valence-electron chi connectivity index (χ2n) is 3.17. The first-order valence-corrected chi connectivity index (χ1v) is 5.43. The lowest BCUT2D eigenvalue weighted by Crippen LogP contribution is -1.93. The highest BCUT2D eigenvalue weighted by atomic mass is 35.5. The van der Waals surface area contributed by atoms with Gasteiger partial charge >= 0.3 is 0 Å². The number of rotatable bonds is 1. The van der Waals surface area contributed by atoms with E-state index in [1.807, 2.05) is 13.8 Å². The monoisotopic (exact) mass is 272 g/mol. The number of halogens is 4. The molecule has 1 rings (SSSR count). The molecule has 0 saturated heterocycles. The van der Waals surface area contributed by atoms with Crippen molar-refractivity contribution in [2.45, 2.75) is 19.8 Å². The standard InChI is InChI=1S/C9H8Cl4O/c1-3(2)4-5(10)7(12)9(14)8(13)6(4)11/h3,14H,1-2H3. The number of phenols is 1. The van der Waals surface area contributed by atoms with Crippen LogP contribution in [0, 0.1) is 0 Å². The maximum absolute atomic E-state index is 9.44. The first kappa shape index (κ1) is 12.3. The Labute approximate surface area is 103 Å². The van der Waals surface area contributed by atoms with Crippen LogP contribution in [-0.2, 0) is 0 Å². The second-order valence-corrected chi connectivity index (χ2v) is 4.68. The highest BCUT2D eigenvalue weighted by Gasteiger charge is 2.21. The summed E-state index contributed by atoms with van der Waals surface area (Å²) in [6, 6.07) is 0. The van der Waals surface area contributed by atoms with Gasteiger partial charge in [0, 0.05) is 0 Å². The van der Waals surface area contributed by atoms with Crippen molar-refractivity contribution in [2.24, 2.45) is 0 Å². The van der Waals surface area contributed by atoms with Crippen molar-refractivity contribution in [3.8, 4) is 5.75 Å². The van der Waals surface area contributed by atoms with Gasteiger partial charge in [-0.25, -0.2) is 0 Å². The fourth-order valence-corrected chi connectivity index (χ4v) is 2.44. The zero-order chi connectivity index (χ0) is 11.0. The van der Waals surface area contributed by atoms with E-state index in [1.165, 1.54) is 0 Å². The van der Waals surface area contributed by atoms with E-state index in [1.54, 1.807) is 0 Å². The first-order chi connectivity index (χ1) is 6.37. The van der Waals surface area contributed by atoms with Crippen LogP contribution in [0.2, 0.25) is 20.1 Å². The predicted molar refractivity (Wildman–Crippen MR) is 62.2 cm³/mol. The maximum atomic E-state index is 9.44. The Morgan fingerprint density at radius 1 is 0.857 bits per heavy atom. The van der Waals surface area contributed by atoms with Gasteiger partial charge in [0.05, 0.1) is 10.0 Å².